The summed E-state index contributed by atoms with van der Waals surface area (Å²) in [5, 5.41) is 0. The van der Waals surface area contributed by atoms with Crippen molar-refractivity contribution in [3.05, 3.63) is 107 Å². The fourth-order valence-corrected chi connectivity index (χ4v) is 2.83. The van der Waals surface area contributed by atoms with Gasteiger partial charge in [0, 0.05) is 0 Å². The van der Waals surface area contributed by atoms with Crippen LogP contribution in [0.3, 0.4) is 0 Å². The predicted molar refractivity (Wildman–Crippen MR) is 101 cm³/mol. The molecule has 0 saturated heterocycles. The maximum Gasteiger partial charge on any atom is 0.0521 e. The van der Waals surface area contributed by atoms with Crippen molar-refractivity contribution in [2.45, 2.75) is 0 Å². The Morgan fingerprint density at radius 2 is 0.682 bits per heavy atom. The minimum absolute atomic E-state index is 0.859. The van der Waals surface area contributed by atoms with Crippen LogP contribution >= 0.6 is 24.4 Å². The van der Waals surface area contributed by atoms with Crippen LogP contribution in [0.1, 0.15) is 22.3 Å². The van der Waals surface area contributed by atoms with Crippen LogP contribution in [0.5, 0.6) is 0 Å². The van der Waals surface area contributed by atoms with E-state index in [-0.39, 0.29) is 0 Å². The minimum Gasteiger partial charge on any atom is -0.0788 e. The third-order valence-corrected chi connectivity index (χ3v) is 4.42. The summed E-state index contributed by atoms with van der Waals surface area (Å²) in [5.41, 5.74) is 4.22. The molecular formula is C20H14S2. The van der Waals surface area contributed by atoms with Crippen LogP contribution < -0.4 is 0 Å². The third kappa shape index (κ3) is 3.19. The monoisotopic (exact) mass is 318 g/mol. The molecule has 0 fully saturated rings. The van der Waals surface area contributed by atoms with Gasteiger partial charge in [-0.2, -0.15) is 0 Å². The first-order valence-corrected chi connectivity index (χ1v) is 7.87. The van der Waals surface area contributed by atoms with E-state index in [1.165, 1.54) is 0 Å². The van der Waals surface area contributed by atoms with Gasteiger partial charge in [-0.3, -0.25) is 0 Å². The van der Waals surface area contributed by atoms with E-state index in [0.717, 1.165) is 32.0 Å². The Morgan fingerprint density at radius 3 is 1.00 bits per heavy atom. The largest absolute Gasteiger partial charge is 0.0788 e. The molecule has 0 unspecified atom stereocenters. The maximum absolute atomic E-state index is 5.56. The highest BCUT2D eigenvalue weighted by atomic mass is 32.1. The van der Waals surface area contributed by atoms with Crippen LogP contribution in [0.2, 0.25) is 0 Å². The molecule has 0 atom stereocenters. The standard InChI is InChI=1S/C20H14S2/c21-19(15-7-3-1-4-8-15)17-11-13-18(14-12-17)20(22)16-9-5-2-6-10-16/h1-14H. The number of rotatable bonds is 4. The number of benzene rings is 3. The molecule has 0 amide bonds. The van der Waals surface area contributed by atoms with Gasteiger partial charge in [-0.15, -0.1) is 0 Å². The number of hydrogen-bond acceptors (Lipinski definition) is 2. The second kappa shape index (κ2) is 6.73. The van der Waals surface area contributed by atoms with Gasteiger partial charge in [-0.05, 0) is 22.3 Å². The second-order valence-electron chi connectivity index (χ2n) is 4.97. The lowest BCUT2D eigenvalue weighted by atomic mass is 10.00. The molecule has 0 aliphatic heterocycles. The molecule has 0 aliphatic rings. The van der Waals surface area contributed by atoms with Crippen molar-refractivity contribution < 1.29 is 0 Å². The van der Waals surface area contributed by atoms with E-state index in [4.69, 9.17) is 24.4 Å². The molecule has 106 valence electrons. The van der Waals surface area contributed by atoms with E-state index in [1.54, 1.807) is 0 Å². The summed E-state index contributed by atoms with van der Waals surface area (Å²) in [4.78, 5) is 1.72. The number of hydrogen-bond donors (Lipinski definition) is 0. The van der Waals surface area contributed by atoms with Crippen molar-refractivity contribution in [3.8, 4) is 0 Å². The molecule has 3 rings (SSSR count). The highest BCUT2D eigenvalue weighted by Gasteiger charge is 2.07. The summed E-state index contributed by atoms with van der Waals surface area (Å²) in [5.74, 6) is 0. The highest BCUT2D eigenvalue weighted by molar-refractivity contribution is 7.81. The van der Waals surface area contributed by atoms with Gasteiger partial charge in [0.15, 0.2) is 0 Å². The van der Waals surface area contributed by atoms with Crippen LogP contribution in [-0.2, 0) is 0 Å². The maximum atomic E-state index is 5.56. The van der Waals surface area contributed by atoms with E-state index in [9.17, 15) is 0 Å². The van der Waals surface area contributed by atoms with Gasteiger partial charge in [0.05, 0.1) is 9.73 Å². The Bertz CT molecular complexity index is 718. The molecule has 0 spiro atoms. The smallest absolute Gasteiger partial charge is 0.0521 e. The minimum atomic E-state index is 0.859. The molecule has 0 saturated carbocycles. The highest BCUT2D eigenvalue weighted by Crippen LogP contribution is 2.15. The Balaban J connectivity index is 1.84. The van der Waals surface area contributed by atoms with Crippen molar-refractivity contribution in [1.82, 2.24) is 0 Å². The Kier molecular flexibility index (Phi) is 4.52. The zero-order valence-corrected chi connectivity index (χ0v) is 13.5. The molecule has 22 heavy (non-hydrogen) atoms. The van der Waals surface area contributed by atoms with Gasteiger partial charge in [-0.25, -0.2) is 0 Å². The van der Waals surface area contributed by atoms with Crippen LogP contribution in [0.25, 0.3) is 0 Å². The molecule has 0 heterocycles. The van der Waals surface area contributed by atoms with Gasteiger partial charge >= 0.3 is 0 Å². The van der Waals surface area contributed by atoms with Crippen LogP contribution in [-0.4, -0.2) is 9.73 Å². The summed E-state index contributed by atoms with van der Waals surface area (Å²) >= 11 is 11.1. The molecule has 0 aromatic heterocycles. The van der Waals surface area contributed by atoms with E-state index in [1.807, 2.05) is 84.9 Å². The molecule has 0 N–H and O–H groups in total. The van der Waals surface area contributed by atoms with Crippen LogP contribution in [0.15, 0.2) is 84.9 Å². The normalized spacial score (nSPS) is 10.2. The van der Waals surface area contributed by atoms with E-state index in [2.05, 4.69) is 0 Å². The second-order valence-corrected chi connectivity index (χ2v) is 5.78. The van der Waals surface area contributed by atoms with Crippen molar-refractivity contribution in [3.63, 3.8) is 0 Å². The molecule has 0 nitrogen and oxygen atoms in total. The summed E-state index contributed by atoms with van der Waals surface area (Å²) in [6.45, 7) is 0. The number of thiocarbonyl (C=S) groups is 2. The SMILES string of the molecule is S=C(c1ccccc1)c1ccc(C(=S)c2ccccc2)cc1. The van der Waals surface area contributed by atoms with Crippen molar-refractivity contribution in [1.29, 1.82) is 0 Å². The molecule has 0 aliphatic carbocycles. The van der Waals surface area contributed by atoms with Crippen LogP contribution in [0, 0.1) is 0 Å². The topological polar surface area (TPSA) is 0 Å². The Hall–Kier alpha value is -2.16. The third-order valence-electron chi connectivity index (χ3n) is 3.48. The quantitative estimate of drug-likeness (QED) is 0.478. The van der Waals surface area contributed by atoms with Gasteiger partial charge < -0.3 is 0 Å². The molecule has 0 radical (unpaired) electrons. The predicted octanol–water partition coefficient (Wildman–Crippen LogP) is 5.22. The molecule has 2 heteroatoms. The lowest BCUT2D eigenvalue weighted by Crippen LogP contribution is -2.02. The van der Waals surface area contributed by atoms with Gasteiger partial charge in [0.2, 0.25) is 0 Å². The van der Waals surface area contributed by atoms with Crippen molar-refractivity contribution in [2.24, 2.45) is 0 Å². The van der Waals surface area contributed by atoms with Crippen molar-refractivity contribution >= 4 is 34.2 Å². The zero-order chi connectivity index (χ0) is 15.4. The lowest BCUT2D eigenvalue weighted by molar-refractivity contribution is 1.59. The molecular weight excluding hydrogens is 304 g/mol. The summed E-state index contributed by atoms with van der Waals surface area (Å²) in [6.07, 6.45) is 0. The van der Waals surface area contributed by atoms with Crippen LogP contribution in [0.4, 0.5) is 0 Å². The Morgan fingerprint density at radius 1 is 0.409 bits per heavy atom. The summed E-state index contributed by atoms with van der Waals surface area (Å²) < 4.78 is 0. The van der Waals surface area contributed by atoms with E-state index >= 15 is 0 Å². The molecule has 3 aromatic carbocycles. The fraction of sp³-hybridized carbons (Fsp3) is 0. The first-order valence-electron chi connectivity index (χ1n) is 7.05. The van der Waals surface area contributed by atoms with Gasteiger partial charge in [-0.1, -0.05) is 109 Å². The van der Waals surface area contributed by atoms with Gasteiger partial charge in [0.25, 0.3) is 0 Å². The van der Waals surface area contributed by atoms with E-state index < -0.39 is 0 Å². The Labute approximate surface area is 141 Å². The molecule has 3 aromatic rings. The average molecular weight is 318 g/mol. The summed E-state index contributed by atoms with van der Waals surface area (Å²) in [7, 11) is 0. The first kappa shape index (κ1) is 14.8. The lowest BCUT2D eigenvalue weighted by Gasteiger charge is -2.07. The average Bonchev–Trinajstić information content (AvgIpc) is 2.62. The zero-order valence-electron chi connectivity index (χ0n) is 11.9. The van der Waals surface area contributed by atoms with Crippen molar-refractivity contribution in [2.75, 3.05) is 0 Å². The van der Waals surface area contributed by atoms with Gasteiger partial charge in [0.1, 0.15) is 0 Å². The van der Waals surface area contributed by atoms with E-state index in [0.29, 0.717) is 0 Å². The first-order chi connectivity index (χ1) is 10.8. The molecule has 0 bridgehead atoms. The fourth-order valence-electron chi connectivity index (χ4n) is 2.29. The summed E-state index contributed by atoms with van der Waals surface area (Å²) in [6, 6.07) is 28.3.